The number of ether oxygens (including phenoxy) is 9. The Balaban J connectivity index is 1.27. The number of aliphatic hydroxyl groups is 2. The van der Waals surface area contributed by atoms with Gasteiger partial charge in [0.2, 0.25) is 6.10 Å². The topological polar surface area (TPSA) is 235 Å². The minimum Gasteiger partial charge on any atom is -0.493 e. The number of nitro groups is 1. The minimum atomic E-state index is -1.89. The lowest BCUT2D eigenvalue weighted by molar-refractivity contribution is -0.386. The molecule has 2 unspecified atom stereocenters. The van der Waals surface area contributed by atoms with Gasteiger partial charge >= 0.3 is 5.97 Å². The maximum atomic E-state index is 13.2. The molecule has 0 radical (unpaired) electrons. The summed E-state index contributed by atoms with van der Waals surface area (Å²) in [6.45, 7) is 13.0. The molecule has 1 saturated carbocycles. The van der Waals surface area contributed by atoms with Gasteiger partial charge in [0.15, 0.2) is 23.0 Å². The van der Waals surface area contributed by atoms with Crippen LogP contribution >= 0.6 is 11.6 Å². The van der Waals surface area contributed by atoms with Crippen LogP contribution in [0.1, 0.15) is 106 Å². The molecule has 4 aromatic rings. The van der Waals surface area contributed by atoms with Crippen LogP contribution in [0, 0.1) is 21.4 Å². The second-order valence-electron chi connectivity index (χ2n) is 19.8. The third-order valence-electron chi connectivity index (χ3n) is 13.7. The number of benzene rings is 3. The van der Waals surface area contributed by atoms with Gasteiger partial charge in [0, 0.05) is 35.8 Å². The third kappa shape index (κ3) is 15.1. The van der Waals surface area contributed by atoms with Crippen LogP contribution in [0.2, 0.25) is 0 Å². The molecule has 0 amide bonds. The van der Waals surface area contributed by atoms with Crippen molar-refractivity contribution >= 4 is 35.4 Å². The standard InChI is InChI=1S/C55H73ClN4O15/c1-35(2)13-16-40-44(73-34-39-33-59(58-57-39)18-20-71-22-24-72-23-21-70-19-12-10-9-11-17-56)26-37(27-45(40)74-51(53(63)64)41-30-46(67-6)47(68-7)31-42(41)60(65)66)15-14-36-25-38-29-49-54(3,4)52(62)43(61)32-55(49,5)75-50(38)48(28-36)69-8/h13-15,25-28,30-31,33,43,49,51-52,61-62H,9-12,16-24,29,32,34H2,1-8H3,(H,63,64)/b15-14+/t43-,49?,51?,52-,55-/m1/s1. The van der Waals surface area contributed by atoms with Crippen LogP contribution < -0.4 is 28.4 Å². The summed E-state index contributed by atoms with van der Waals surface area (Å²) in [7, 11) is 4.22. The van der Waals surface area contributed by atoms with Crippen molar-refractivity contribution in [3.8, 4) is 34.5 Å². The number of aliphatic hydroxyl groups excluding tert-OH is 2. The van der Waals surface area contributed by atoms with Crippen LogP contribution in [-0.4, -0.2) is 126 Å². The zero-order valence-corrected chi connectivity index (χ0v) is 45.1. The summed E-state index contributed by atoms with van der Waals surface area (Å²) in [5.74, 6) is 0.636. The number of carboxylic acid groups (broad SMARTS) is 1. The number of allylic oxidation sites excluding steroid dienone is 2. The van der Waals surface area contributed by atoms with Gasteiger partial charge in [-0.3, -0.25) is 10.1 Å². The van der Waals surface area contributed by atoms with Gasteiger partial charge in [0.05, 0.1) is 95.9 Å². The Morgan fingerprint density at radius 1 is 0.867 bits per heavy atom. The van der Waals surface area contributed by atoms with Gasteiger partial charge in [-0.2, -0.15) is 0 Å². The first-order valence-electron chi connectivity index (χ1n) is 25.3. The molecule has 1 fully saturated rings. The molecule has 5 atom stereocenters. The number of carbonyl (C=O) groups is 1. The van der Waals surface area contributed by atoms with Crippen molar-refractivity contribution in [3.63, 3.8) is 0 Å². The van der Waals surface area contributed by atoms with Crippen LogP contribution in [0.3, 0.4) is 0 Å². The smallest absolute Gasteiger partial charge is 0.349 e. The van der Waals surface area contributed by atoms with E-state index in [2.05, 4.69) is 10.3 Å². The number of rotatable bonds is 30. The summed E-state index contributed by atoms with van der Waals surface area (Å²) >= 11 is 5.73. The van der Waals surface area contributed by atoms with Crippen molar-refractivity contribution < 1.29 is 67.7 Å². The van der Waals surface area contributed by atoms with Gasteiger partial charge in [0.25, 0.3) is 5.69 Å². The van der Waals surface area contributed by atoms with Crippen LogP contribution in [0.15, 0.2) is 54.2 Å². The van der Waals surface area contributed by atoms with Crippen LogP contribution in [0.5, 0.6) is 34.5 Å². The number of hydrogen-bond acceptors (Lipinski definition) is 16. The number of methoxy groups -OCH3 is 3. The Morgan fingerprint density at radius 2 is 1.49 bits per heavy atom. The number of hydrogen-bond donors (Lipinski definition) is 3. The normalized spacial score (nSPS) is 19.1. The number of halogens is 1. The largest absolute Gasteiger partial charge is 0.493 e. The highest BCUT2D eigenvalue weighted by atomic mass is 35.5. The maximum absolute atomic E-state index is 13.2. The quantitative estimate of drug-likeness (QED) is 0.0110. The molecule has 410 valence electrons. The van der Waals surface area contributed by atoms with Crippen molar-refractivity contribution in [2.45, 2.75) is 117 Å². The van der Waals surface area contributed by atoms with E-state index in [-0.39, 0.29) is 48.2 Å². The average molecular weight is 1070 g/mol. The Kier molecular flexibility index (Phi) is 21.1. The van der Waals surface area contributed by atoms with Gasteiger partial charge in [0.1, 0.15) is 29.4 Å². The van der Waals surface area contributed by atoms with Crippen LogP contribution in [-0.2, 0) is 45.0 Å². The lowest BCUT2D eigenvalue weighted by Crippen LogP contribution is -2.63. The van der Waals surface area contributed by atoms with E-state index in [1.54, 1.807) is 36.2 Å². The van der Waals surface area contributed by atoms with E-state index in [1.807, 2.05) is 58.9 Å². The minimum absolute atomic E-state index is 0.0354. The highest BCUT2D eigenvalue weighted by Crippen LogP contribution is 2.55. The fraction of sp³-hybridized carbons (Fsp3) is 0.545. The first-order valence-corrected chi connectivity index (χ1v) is 25.8. The number of aromatic nitrogens is 3. The molecular weight excluding hydrogens is 992 g/mol. The summed E-state index contributed by atoms with van der Waals surface area (Å²) in [5.41, 5.74) is 1.81. The summed E-state index contributed by atoms with van der Waals surface area (Å²) in [5, 5.41) is 53.7. The Morgan fingerprint density at radius 3 is 2.15 bits per heavy atom. The molecule has 2 heterocycles. The molecule has 1 aliphatic carbocycles. The van der Waals surface area contributed by atoms with Crippen LogP contribution in [0.4, 0.5) is 5.69 Å². The summed E-state index contributed by atoms with van der Waals surface area (Å²) in [4.78, 5) is 25.0. The molecule has 6 rings (SSSR count). The van der Waals surface area contributed by atoms with E-state index in [0.29, 0.717) is 92.6 Å². The fourth-order valence-corrected chi connectivity index (χ4v) is 9.90. The molecule has 75 heavy (non-hydrogen) atoms. The maximum Gasteiger partial charge on any atom is 0.349 e. The monoisotopic (exact) mass is 1060 g/mol. The highest BCUT2D eigenvalue weighted by Gasteiger charge is 2.58. The molecule has 3 aromatic carbocycles. The summed E-state index contributed by atoms with van der Waals surface area (Å²) in [6.07, 6.45) is 8.84. The number of alkyl halides is 1. The number of fused-ring (bicyclic) bond motifs is 2. The molecule has 0 spiro atoms. The summed E-state index contributed by atoms with van der Waals surface area (Å²) in [6, 6.07) is 9.61. The molecule has 19 nitrogen and oxygen atoms in total. The first kappa shape index (κ1) is 58.3. The molecular formula is C55H73ClN4O15. The lowest BCUT2D eigenvalue weighted by atomic mass is 9.57. The molecule has 1 aromatic heterocycles. The zero-order valence-electron chi connectivity index (χ0n) is 44.3. The van der Waals surface area contributed by atoms with Gasteiger partial charge < -0.3 is 58.0 Å². The van der Waals surface area contributed by atoms with E-state index in [0.717, 1.165) is 48.4 Å². The zero-order chi connectivity index (χ0) is 54.3. The van der Waals surface area contributed by atoms with Gasteiger partial charge in [-0.25, -0.2) is 9.48 Å². The number of carboxylic acids is 1. The van der Waals surface area contributed by atoms with Crippen molar-refractivity contribution in [3.05, 3.63) is 97.9 Å². The Bertz CT molecular complexity index is 2620. The molecule has 2 aliphatic rings. The molecule has 0 bridgehead atoms. The molecule has 1 aliphatic heterocycles. The second kappa shape index (κ2) is 27.2. The van der Waals surface area contributed by atoms with E-state index in [9.17, 15) is 30.2 Å². The number of nitrogens with zero attached hydrogens (tertiary/aromatic N) is 4. The summed E-state index contributed by atoms with van der Waals surface area (Å²) < 4.78 is 54.9. The third-order valence-corrected chi connectivity index (χ3v) is 14.0. The predicted molar refractivity (Wildman–Crippen MR) is 281 cm³/mol. The highest BCUT2D eigenvalue weighted by molar-refractivity contribution is 6.17. The van der Waals surface area contributed by atoms with E-state index in [1.165, 1.54) is 20.3 Å². The van der Waals surface area contributed by atoms with Gasteiger partial charge in [-0.05, 0) is 93.5 Å². The SMILES string of the molecule is COc1cc(C(Oc2cc(/C=C/c3cc4c(c(OC)c3)O[C@]3(C)C[C@@H](O)[C@@H](O)C(C)(C)C3C4)cc(OCc3cn(CCOCCOCCOCCCCCCCl)nn3)c2CC=C(C)C)C(=O)O)c([N+](=O)[O-])cc1OC. The van der Waals surface area contributed by atoms with E-state index >= 15 is 0 Å². The average Bonchev–Trinajstić information content (AvgIpc) is 3.84. The predicted octanol–water partition coefficient (Wildman–Crippen LogP) is 8.99. The molecule has 20 heteroatoms. The molecule has 3 N–H and O–H groups in total. The van der Waals surface area contributed by atoms with Crippen molar-refractivity contribution in [2.75, 3.05) is 66.9 Å². The lowest BCUT2D eigenvalue weighted by Gasteiger charge is -2.56. The Hall–Kier alpha value is -5.96. The number of aliphatic carboxylic acids is 1. The number of nitro benzene ring substituents is 1. The van der Waals surface area contributed by atoms with Crippen molar-refractivity contribution in [2.24, 2.45) is 11.3 Å². The van der Waals surface area contributed by atoms with E-state index < -0.39 is 45.9 Å². The van der Waals surface area contributed by atoms with Gasteiger partial charge in [-0.15, -0.1) is 16.7 Å². The second-order valence-corrected chi connectivity index (χ2v) is 20.2. The molecule has 0 saturated heterocycles. The number of unbranched alkanes of at least 4 members (excludes halogenated alkanes) is 3. The first-order chi connectivity index (χ1) is 35.9. The van der Waals surface area contributed by atoms with Crippen molar-refractivity contribution in [1.82, 2.24) is 15.0 Å². The fourth-order valence-electron chi connectivity index (χ4n) is 9.72. The van der Waals surface area contributed by atoms with Crippen LogP contribution in [0.25, 0.3) is 12.2 Å². The Labute approximate surface area is 443 Å². The van der Waals surface area contributed by atoms with Crippen molar-refractivity contribution in [1.29, 1.82) is 0 Å². The van der Waals surface area contributed by atoms with Gasteiger partial charge in [-0.1, -0.05) is 55.7 Å². The van der Waals surface area contributed by atoms with E-state index in [4.69, 9.17) is 54.2 Å².